The highest BCUT2D eigenvalue weighted by atomic mass is 16.5. The molecular formula is C17H25NO4. The highest BCUT2D eigenvalue weighted by Crippen LogP contribution is 2.28. The lowest BCUT2D eigenvalue weighted by Gasteiger charge is -2.11. The molecule has 0 aliphatic rings. The van der Waals surface area contributed by atoms with Gasteiger partial charge in [0.1, 0.15) is 0 Å². The Morgan fingerprint density at radius 3 is 2.55 bits per heavy atom. The van der Waals surface area contributed by atoms with E-state index in [2.05, 4.69) is 12.2 Å². The van der Waals surface area contributed by atoms with Gasteiger partial charge in [0.05, 0.1) is 7.11 Å². The van der Waals surface area contributed by atoms with Crippen LogP contribution in [0.1, 0.15) is 49.9 Å². The number of Topliss-reactive ketones (excluding diaryl/α,β-unsaturated/α-hetero) is 1. The van der Waals surface area contributed by atoms with E-state index < -0.39 is 0 Å². The van der Waals surface area contributed by atoms with Gasteiger partial charge in [0, 0.05) is 12.1 Å². The lowest BCUT2D eigenvalue weighted by molar-refractivity contribution is -0.123. The molecule has 1 aromatic rings. The van der Waals surface area contributed by atoms with Gasteiger partial charge < -0.3 is 14.8 Å². The molecule has 0 fully saturated rings. The van der Waals surface area contributed by atoms with Crippen LogP contribution in [-0.4, -0.2) is 32.0 Å². The summed E-state index contributed by atoms with van der Waals surface area (Å²) in [6.07, 6.45) is 4.47. The number of hydrogen-bond donors (Lipinski definition) is 1. The van der Waals surface area contributed by atoms with Crippen molar-refractivity contribution in [1.82, 2.24) is 5.32 Å². The van der Waals surface area contributed by atoms with Crippen LogP contribution in [0, 0.1) is 0 Å². The van der Waals surface area contributed by atoms with Gasteiger partial charge in [-0.15, -0.1) is 0 Å². The largest absolute Gasteiger partial charge is 0.493 e. The molecule has 0 unspecified atom stereocenters. The number of ether oxygens (including phenoxy) is 2. The van der Waals surface area contributed by atoms with E-state index in [9.17, 15) is 9.59 Å². The molecule has 1 amide bonds. The first kappa shape index (κ1) is 18.0. The number of carbonyl (C=O) groups is 2. The first-order valence-electron chi connectivity index (χ1n) is 7.67. The van der Waals surface area contributed by atoms with Gasteiger partial charge in [0.25, 0.3) is 5.91 Å². The maximum Gasteiger partial charge on any atom is 0.257 e. The zero-order valence-corrected chi connectivity index (χ0v) is 13.6. The van der Waals surface area contributed by atoms with Crippen molar-refractivity contribution >= 4 is 11.7 Å². The highest BCUT2D eigenvalue weighted by Gasteiger charge is 2.10. The number of unbranched alkanes of at least 4 members (excludes halogenated alkanes) is 3. The third kappa shape index (κ3) is 6.16. The normalized spacial score (nSPS) is 10.1. The smallest absolute Gasteiger partial charge is 0.257 e. The second kappa shape index (κ2) is 9.82. The van der Waals surface area contributed by atoms with Crippen LogP contribution >= 0.6 is 0 Å². The van der Waals surface area contributed by atoms with Gasteiger partial charge in [-0.1, -0.05) is 26.2 Å². The minimum Gasteiger partial charge on any atom is -0.493 e. The predicted octanol–water partition coefficient (Wildman–Crippen LogP) is 2.97. The molecule has 0 saturated carbocycles. The predicted molar refractivity (Wildman–Crippen MR) is 85.6 cm³/mol. The number of amides is 1. The van der Waals surface area contributed by atoms with Crippen molar-refractivity contribution in [2.75, 3.05) is 20.3 Å². The summed E-state index contributed by atoms with van der Waals surface area (Å²) in [5.41, 5.74) is 0.546. The zero-order valence-electron chi connectivity index (χ0n) is 13.6. The molecule has 1 N–H and O–H groups in total. The lowest BCUT2D eigenvalue weighted by atomic mass is 10.1. The summed E-state index contributed by atoms with van der Waals surface area (Å²) in [6, 6.07) is 4.91. The Bertz CT molecular complexity index is 499. The zero-order chi connectivity index (χ0) is 16.4. The molecule has 22 heavy (non-hydrogen) atoms. The van der Waals surface area contributed by atoms with Crippen molar-refractivity contribution < 1.29 is 19.1 Å². The fraction of sp³-hybridized carbons (Fsp3) is 0.529. The summed E-state index contributed by atoms with van der Waals surface area (Å²) in [7, 11) is 1.50. The van der Waals surface area contributed by atoms with Crippen molar-refractivity contribution in [2.24, 2.45) is 0 Å². The molecule has 5 nitrogen and oxygen atoms in total. The second-order valence-corrected chi connectivity index (χ2v) is 5.12. The first-order chi connectivity index (χ1) is 10.6. The fourth-order valence-corrected chi connectivity index (χ4v) is 1.98. The molecule has 0 bridgehead atoms. The molecule has 0 radical (unpaired) electrons. The van der Waals surface area contributed by atoms with Crippen molar-refractivity contribution in [3.05, 3.63) is 23.8 Å². The summed E-state index contributed by atoms with van der Waals surface area (Å²) >= 11 is 0. The van der Waals surface area contributed by atoms with E-state index in [1.54, 1.807) is 18.2 Å². The van der Waals surface area contributed by atoms with Crippen molar-refractivity contribution in [3.8, 4) is 11.5 Å². The standard InChI is InChI=1S/C17H25NO4/c1-4-5-6-7-10-18-17(20)12-22-15-9-8-14(13(2)19)11-16(15)21-3/h8-9,11H,4-7,10,12H2,1-3H3,(H,18,20). The molecule has 0 atom stereocenters. The van der Waals surface area contributed by atoms with Crippen LogP contribution < -0.4 is 14.8 Å². The number of hydrogen-bond acceptors (Lipinski definition) is 4. The quantitative estimate of drug-likeness (QED) is 0.533. The average Bonchev–Trinajstić information content (AvgIpc) is 2.52. The Labute approximate surface area is 132 Å². The number of carbonyl (C=O) groups excluding carboxylic acids is 2. The maximum atomic E-state index is 11.7. The van der Waals surface area contributed by atoms with E-state index in [0.29, 0.717) is 23.6 Å². The lowest BCUT2D eigenvalue weighted by Crippen LogP contribution is -2.29. The Balaban J connectivity index is 2.43. The van der Waals surface area contributed by atoms with Crippen molar-refractivity contribution in [1.29, 1.82) is 0 Å². The van der Waals surface area contributed by atoms with E-state index >= 15 is 0 Å². The Morgan fingerprint density at radius 2 is 1.91 bits per heavy atom. The molecule has 0 spiro atoms. The van der Waals surface area contributed by atoms with Crippen molar-refractivity contribution in [3.63, 3.8) is 0 Å². The third-order valence-electron chi connectivity index (χ3n) is 3.28. The SMILES string of the molecule is CCCCCCNC(=O)COc1ccc(C(C)=O)cc1OC. The molecule has 5 heteroatoms. The van der Waals surface area contributed by atoms with Gasteiger partial charge in [-0.25, -0.2) is 0 Å². The van der Waals surface area contributed by atoms with Crippen LogP contribution in [0.4, 0.5) is 0 Å². The number of rotatable bonds is 10. The highest BCUT2D eigenvalue weighted by molar-refractivity contribution is 5.94. The van der Waals surface area contributed by atoms with Crippen LogP contribution in [0.3, 0.4) is 0 Å². The molecule has 0 saturated heterocycles. The monoisotopic (exact) mass is 307 g/mol. The molecule has 1 rings (SSSR count). The van der Waals surface area contributed by atoms with E-state index in [0.717, 1.165) is 12.8 Å². The van der Waals surface area contributed by atoms with Crippen molar-refractivity contribution in [2.45, 2.75) is 39.5 Å². The van der Waals surface area contributed by atoms with Gasteiger partial charge >= 0.3 is 0 Å². The molecule has 0 aliphatic carbocycles. The summed E-state index contributed by atoms with van der Waals surface area (Å²) in [6.45, 7) is 4.24. The van der Waals surface area contributed by atoms with Gasteiger partial charge in [0.2, 0.25) is 0 Å². The number of methoxy groups -OCH3 is 1. The average molecular weight is 307 g/mol. The van der Waals surface area contributed by atoms with Gasteiger partial charge in [0.15, 0.2) is 23.9 Å². The van der Waals surface area contributed by atoms with E-state index in [1.807, 2.05) is 0 Å². The summed E-state index contributed by atoms with van der Waals surface area (Å²) in [4.78, 5) is 23.0. The van der Waals surface area contributed by atoms with E-state index in [-0.39, 0.29) is 18.3 Å². The maximum absolute atomic E-state index is 11.7. The Morgan fingerprint density at radius 1 is 1.14 bits per heavy atom. The van der Waals surface area contributed by atoms with Crippen LogP contribution in [0.5, 0.6) is 11.5 Å². The second-order valence-electron chi connectivity index (χ2n) is 5.12. The first-order valence-corrected chi connectivity index (χ1v) is 7.67. The molecular weight excluding hydrogens is 282 g/mol. The van der Waals surface area contributed by atoms with Crippen LogP contribution in [0.25, 0.3) is 0 Å². The number of ketones is 1. The molecule has 0 aromatic heterocycles. The topological polar surface area (TPSA) is 64.6 Å². The third-order valence-corrected chi connectivity index (χ3v) is 3.28. The minimum atomic E-state index is -0.158. The Kier molecular flexibility index (Phi) is 8.04. The molecule has 0 aliphatic heterocycles. The van der Waals surface area contributed by atoms with Gasteiger partial charge in [-0.3, -0.25) is 9.59 Å². The number of nitrogens with one attached hydrogen (secondary N) is 1. The molecule has 122 valence electrons. The van der Waals surface area contributed by atoms with Gasteiger partial charge in [-0.05, 0) is 31.5 Å². The van der Waals surface area contributed by atoms with E-state index in [4.69, 9.17) is 9.47 Å². The fourth-order valence-electron chi connectivity index (χ4n) is 1.98. The van der Waals surface area contributed by atoms with Crippen LogP contribution in [-0.2, 0) is 4.79 Å². The Hall–Kier alpha value is -2.04. The van der Waals surface area contributed by atoms with Gasteiger partial charge in [-0.2, -0.15) is 0 Å². The minimum absolute atomic E-state index is 0.0466. The summed E-state index contributed by atoms with van der Waals surface area (Å²) < 4.78 is 10.6. The summed E-state index contributed by atoms with van der Waals surface area (Å²) in [5.74, 6) is 0.695. The molecule has 0 heterocycles. The number of benzene rings is 1. The van der Waals surface area contributed by atoms with E-state index in [1.165, 1.54) is 26.9 Å². The van der Waals surface area contributed by atoms with Crippen LogP contribution in [0.2, 0.25) is 0 Å². The summed E-state index contributed by atoms with van der Waals surface area (Å²) in [5, 5.41) is 2.82. The molecule has 1 aromatic carbocycles. The van der Waals surface area contributed by atoms with Crippen LogP contribution in [0.15, 0.2) is 18.2 Å².